The van der Waals surface area contributed by atoms with E-state index in [0.29, 0.717) is 38.5 Å². The number of aromatic nitrogens is 5. The molecule has 31 heavy (non-hydrogen) atoms. The van der Waals surface area contributed by atoms with Crippen LogP contribution in [-0.4, -0.2) is 41.9 Å². The molecule has 164 valence electrons. The number of aryl methyl sites for hydroxylation is 5. The minimum absolute atomic E-state index is 0.148. The maximum absolute atomic E-state index is 12.9. The molecule has 3 aromatic rings. The Morgan fingerprint density at radius 1 is 1.16 bits per heavy atom. The number of pyridine rings is 1. The lowest BCUT2D eigenvalue weighted by Gasteiger charge is -2.28. The lowest BCUT2D eigenvalue weighted by molar-refractivity contribution is -0.132. The molecule has 0 radical (unpaired) electrons. The molecule has 1 aliphatic heterocycles. The Balaban J connectivity index is 1.44. The van der Waals surface area contributed by atoms with Crippen LogP contribution in [-0.2, 0) is 37.5 Å². The zero-order valence-electron chi connectivity index (χ0n) is 18.8. The number of rotatable bonds is 7. The molecule has 1 aliphatic rings. The van der Waals surface area contributed by atoms with E-state index in [1.165, 1.54) is 5.69 Å². The zero-order chi connectivity index (χ0) is 22.0. The number of ether oxygens (including phenoxy) is 1. The van der Waals surface area contributed by atoms with Gasteiger partial charge in [0.15, 0.2) is 0 Å². The zero-order valence-corrected chi connectivity index (χ0v) is 18.8. The van der Waals surface area contributed by atoms with Crippen molar-refractivity contribution in [3.05, 3.63) is 58.3 Å². The van der Waals surface area contributed by atoms with Gasteiger partial charge in [-0.25, -0.2) is 4.98 Å². The molecule has 0 spiro atoms. The maximum atomic E-state index is 12.9. The van der Waals surface area contributed by atoms with Gasteiger partial charge in [0.05, 0.1) is 5.69 Å². The molecule has 3 aromatic heterocycles. The van der Waals surface area contributed by atoms with Gasteiger partial charge in [-0.2, -0.15) is 10.2 Å². The summed E-state index contributed by atoms with van der Waals surface area (Å²) >= 11 is 0. The van der Waals surface area contributed by atoms with Gasteiger partial charge in [0.1, 0.15) is 12.3 Å². The number of hydrogen-bond donors (Lipinski definition) is 0. The third kappa shape index (κ3) is 4.62. The summed E-state index contributed by atoms with van der Waals surface area (Å²) in [4.78, 5) is 19.1. The highest BCUT2D eigenvalue weighted by molar-refractivity contribution is 5.76. The van der Waals surface area contributed by atoms with Crippen molar-refractivity contribution in [1.29, 1.82) is 0 Å². The van der Waals surface area contributed by atoms with E-state index in [-0.39, 0.29) is 5.91 Å². The highest BCUT2D eigenvalue weighted by Gasteiger charge is 2.27. The Labute approximate surface area is 182 Å². The molecular formula is C23H30N6O2. The fourth-order valence-corrected chi connectivity index (χ4v) is 4.14. The van der Waals surface area contributed by atoms with Gasteiger partial charge in [0.25, 0.3) is 0 Å². The Hall–Kier alpha value is -3.16. The monoisotopic (exact) mass is 422 g/mol. The number of hydrogen-bond acceptors (Lipinski definition) is 5. The van der Waals surface area contributed by atoms with Gasteiger partial charge in [-0.1, -0.05) is 0 Å². The number of carbonyl (C=O) groups is 1. The first-order valence-electron chi connectivity index (χ1n) is 10.9. The van der Waals surface area contributed by atoms with E-state index in [2.05, 4.69) is 17.0 Å². The molecule has 0 saturated carbocycles. The van der Waals surface area contributed by atoms with Crippen molar-refractivity contribution in [2.24, 2.45) is 0 Å². The Bertz CT molecular complexity index is 1080. The summed E-state index contributed by atoms with van der Waals surface area (Å²) in [5.74, 6) is 0.739. The molecule has 0 atom stereocenters. The largest absolute Gasteiger partial charge is 0.471 e. The standard InChI is InChI=1S/C23H30N6O2/c1-5-28-21-7-10-27(23(30)8-11-29-18(4)13-17(3)25-29)14-19(21)20(26-28)15-31-22-12-16(2)6-9-24-22/h6,9,12-13H,5,7-8,10-11,14-15H2,1-4H3. The smallest absolute Gasteiger partial charge is 0.224 e. The minimum Gasteiger partial charge on any atom is -0.471 e. The van der Waals surface area contributed by atoms with Crippen LogP contribution in [0.15, 0.2) is 24.4 Å². The van der Waals surface area contributed by atoms with Crippen LogP contribution < -0.4 is 4.74 Å². The highest BCUT2D eigenvalue weighted by atomic mass is 16.5. The van der Waals surface area contributed by atoms with Gasteiger partial charge in [-0.3, -0.25) is 14.2 Å². The fourth-order valence-electron chi connectivity index (χ4n) is 4.14. The van der Waals surface area contributed by atoms with Gasteiger partial charge >= 0.3 is 0 Å². The molecular weight excluding hydrogens is 392 g/mol. The fraction of sp³-hybridized carbons (Fsp3) is 0.478. The summed E-state index contributed by atoms with van der Waals surface area (Å²) in [7, 11) is 0. The lowest BCUT2D eigenvalue weighted by Crippen LogP contribution is -2.37. The second-order valence-electron chi connectivity index (χ2n) is 8.11. The van der Waals surface area contributed by atoms with Crippen LogP contribution >= 0.6 is 0 Å². The molecule has 0 saturated heterocycles. The van der Waals surface area contributed by atoms with Gasteiger partial charge in [0.2, 0.25) is 11.8 Å². The van der Waals surface area contributed by atoms with E-state index in [4.69, 9.17) is 9.84 Å². The van der Waals surface area contributed by atoms with Crippen molar-refractivity contribution in [2.45, 2.75) is 66.8 Å². The van der Waals surface area contributed by atoms with Crippen LogP contribution in [0, 0.1) is 20.8 Å². The molecule has 8 nitrogen and oxygen atoms in total. The van der Waals surface area contributed by atoms with Crippen LogP contribution in [0.25, 0.3) is 0 Å². The van der Waals surface area contributed by atoms with E-state index in [9.17, 15) is 4.79 Å². The van der Waals surface area contributed by atoms with Crippen molar-refractivity contribution in [2.75, 3.05) is 6.54 Å². The summed E-state index contributed by atoms with van der Waals surface area (Å²) in [5, 5.41) is 9.22. The topological polar surface area (TPSA) is 78.1 Å². The molecule has 1 amide bonds. The molecule has 4 rings (SSSR count). The number of fused-ring (bicyclic) bond motifs is 1. The first-order chi connectivity index (χ1) is 14.9. The Kier molecular flexibility index (Phi) is 6.06. The molecule has 0 aliphatic carbocycles. The van der Waals surface area contributed by atoms with E-state index >= 15 is 0 Å². The molecule has 0 N–H and O–H groups in total. The van der Waals surface area contributed by atoms with Crippen molar-refractivity contribution in [1.82, 2.24) is 29.4 Å². The second-order valence-corrected chi connectivity index (χ2v) is 8.11. The summed E-state index contributed by atoms with van der Waals surface area (Å²) in [6.07, 6.45) is 3.00. The van der Waals surface area contributed by atoms with Gasteiger partial charge in [0, 0.05) is 68.2 Å². The summed E-state index contributed by atoms with van der Waals surface area (Å²) in [5.41, 5.74) is 6.37. The average Bonchev–Trinajstić information content (AvgIpc) is 3.28. The number of carbonyl (C=O) groups excluding carboxylic acids is 1. The van der Waals surface area contributed by atoms with Crippen LogP contribution in [0.1, 0.15) is 47.2 Å². The molecule has 0 aromatic carbocycles. The lowest BCUT2D eigenvalue weighted by atomic mass is 10.0. The SMILES string of the molecule is CCn1nc(COc2cc(C)ccn2)c2c1CCN(C(=O)CCn1nc(C)cc1C)C2. The van der Waals surface area contributed by atoms with Crippen LogP contribution in [0.2, 0.25) is 0 Å². The molecule has 0 bridgehead atoms. The predicted molar refractivity (Wildman–Crippen MR) is 117 cm³/mol. The second kappa shape index (κ2) is 8.91. The summed E-state index contributed by atoms with van der Waals surface area (Å²) in [6.45, 7) is 11.1. The van der Waals surface area contributed by atoms with E-state index in [1.807, 2.05) is 53.2 Å². The third-order valence-corrected chi connectivity index (χ3v) is 5.76. The van der Waals surface area contributed by atoms with Crippen molar-refractivity contribution >= 4 is 5.91 Å². The third-order valence-electron chi connectivity index (χ3n) is 5.76. The Morgan fingerprint density at radius 3 is 2.71 bits per heavy atom. The maximum Gasteiger partial charge on any atom is 0.224 e. The first kappa shape index (κ1) is 21.1. The molecule has 0 unspecified atom stereocenters. The van der Waals surface area contributed by atoms with Crippen LogP contribution in [0.5, 0.6) is 5.88 Å². The average molecular weight is 423 g/mol. The van der Waals surface area contributed by atoms with Crippen LogP contribution in [0.3, 0.4) is 0 Å². The number of nitrogens with zero attached hydrogens (tertiary/aromatic N) is 6. The molecule has 0 fully saturated rings. The van der Waals surface area contributed by atoms with Crippen molar-refractivity contribution in [3.8, 4) is 5.88 Å². The van der Waals surface area contributed by atoms with Gasteiger partial charge in [-0.15, -0.1) is 0 Å². The van der Waals surface area contributed by atoms with E-state index < -0.39 is 0 Å². The minimum atomic E-state index is 0.148. The van der Waals surface area contributed by atoms with Crippen molar-refractivity contribution < 1.29 is 9.53 Å². The first-order valence-corrected chi connectivity index (χ1v) is 10.9. The number of amides is 1. The van der Waals surface area contributed by atoms with Gasteiger partial charge < -0.3 is 9.64 Å². The quantitative estimate of drug-likeness (QED) is 0.585. The molecule has 8 heteroatoms. The Morgan fingerprint density at radius 2 is 2.00 bits per heavy atom. The van der Waals surface area contributed by atoms with E-state index in [0.717, 1.165) is 41.2 Å². The molecule has 4 heterocycles. The van der Waals surface area contributed by atoms with Gasteiger partial charge in [-0.05, 0) is 45.4 Å². The summed E-state index contributed by atoms with van der Waals surface area (Å²) in [6, 6.07) is 5.89. The van der Waals surface area contributed by atoms with Crippen molar-refractivity contribution in [3.63, 3.8) is 0 Å². The van der Waals surface area contributed by atoms with Crippen LogP contribution in [0.4, 0.5) is 0 Å². The van der Waals surface area contributed by atoms with E-state index in [1.54, 1.807) is 6.20 Å². The summed E-state index contributed by atoms with van der Waals surface area (Å²) < 4.78 is 9.86. The highest BCUT2D eigenvalue weighted by Crippen LogP contribution is 2.24. The normalized spacial score (nSPS) is 13.4. The predicted octanol–water partition coefficient (Wildman–Crippen LogP) is 2.97.